The molecule has 0 aliphatic heterocycles. The van der Waals surface area contributed by atoms with Crippen LogP contribution >= 0.6 is 9.42 Å². The summed E-state index contributed by atoms with van der Waals surface area (Å²) in [6, 6.07) is 42.1. The third kappa shape index (κ3) is 7.71. The van der Waals surface area contributed by atoms with E-state index in [1.807, 2.05) is 48.8 Å². The van der Waals surface area contributed by atoms with Crippen molar-refractivity contribution in [1.29, 1.82) is 0 Å². The Hall–Kier alpha value is -3.84. The molecule has 0 aliphatic carbocycles. The normalized spacial score (nSPS) is 10.2. The van der Waals surface area contributed by atoms with Gasteiger partial charge in [0, 0.05) is 23.5 Å². The summed E-state index contributed by atoms with van der Waals surface area (Å²) in [5.41, 5.74) is 14.8. The topological polar surface area (TPSA) is 25.8 Å². The van der Waals surface area contributed by atoms with Crippen LogP contribution in [0.1, 0.15) is 22.3 Å². The fraction of sp³-hybridized carbons (Fsp3) is 0.105. The number of aromatic nitrogens is 2. The number of hydrogen-bond donors (Lipinski definition) is 0. The van der Waals surface area contributed by atoms with Crippen molar-refractivity contribution in [3.05, 3.63) is 156 Å². The van der Waals surface area contributed by atoms with Crippen molar-refractivity contribution in [2.45, 2.75) is 27.7 Å². The van der Waals surface area contributed by atoms with E-state index in [-0.39, 0.29) is 0 Å². The van der Waals surface area contributed by atoms with Crippen molar-refractivity contribution in [2.75, 3.05) is 0 Å². The molecule has 6 rings (SSSR count). The average Bonchev–Trinajstić information content (AvgIpc) is 3.04. The van der Waals surface area contributed by atoms with Gasteiger partial charge in [-0.25, -0.2) is 0 Å². The van der Waals surface area contributed by atoms with Gasteiger partial charge in [0.05, 0.1) is 11.4 Å². The van der Waals surface area contributed by atoms with Crippen LogP contribution in [0.5, 0.6) is 0 Å². The van der Waals surface area contributed by atoms with Gasteiger partial charge in [0.25, 0.3) is 0 Å². The zero-order valence-corrected chi connectivity index (χ0v) is 27.3. The number of aryl methyl sites for hydroxylation is 4. The first-order valence-corrected chi connectivity index (χ1v) is 16.6. The quantitative estimate of drug-likeness (QED) is 0.179. The van der Waals surface area contributed by atoms with E-state index >= 15 is 0 Å². The maximum atomic E-state index is 4.61. The summed E-state index contributed by atoms with van der Waals surface area (Å²) >= 11 is 1.61. The standard InChI is InChI=1S/2C19H17N.ClH.Pt/c2*1-14-6-5-7-15(2)19(14)17-11-9-16(10-12-17)18-8-3-4-13-20-18;;/h2*3-13H,1-2H3;1H;/q;;;+1/p-1. The van der Waals surface area contributed by atoms with Crippen LogP contribution in [0.3, 0.4) is 0 Å². The van der Waals surface area contributed by atoms with Crippen molar-refractivity contribution in [3.8, 4) is 44.8 Å². The summed E-state index contributed by atoms with van der Waals surface area (Å²) in [7, 11) is 4.61. The molecule has 0 N–H and O–H groups in total. The maximum absolute atomic E-state index is 4.61. The van der Waals surface area contributed by atoms with Gasteiger partial charge in [-0.2, -0.15) is 0 Å². The second-order valence-corrected chi connectivity index (χ2v) is 10.1. The number of benzene rings is 4. The second-order valence-electron chi connectivity index (χ2n) is 10.1. The Bertz CT molecular complexity index is 1530. The fourth-order valence-electron chi connectivity index (χ4n) is 5.22. The first kappa shape index (κ1) is 31.1. The molecule has 6 aromatic rings. The molecule has 2 aromatic heterocycles. The van der Waals surface area contributed by atoms with E-state index < -0.39 is 0 Å². The molecule has 0 unspecified atom stereocenters. The predicted molar refractivity (Wildman–Crippen MR) is 175 cm³/mol. The molecule has 0 amide bonds. The molecule has 4 aromatic carbocycles. The van der Waals surface area contributed by atoms with Crippen LogP contribution in [0.4, 0.5) is 0 Å². The van der Waals surface area contributed by atoms with Crippen molar-refractivity contribution in [2.24, 2.45) is 0 Å². The van der Waals surface area contributed by atoms with Gasteiger partial charge >= 0.3 is 28.2 Å². The molecule has 0 bridgehead atoms. The summed E-state index contributed by atoms with van der Waals surface area (Å²) in [5.74, 6) is 0. The minimum atomic E-state index is 1.01. The monoisotopic (exact) mass is 748 g/mol. The fourth-order valence-corrected chi connectivity index (χ4v) is 5.22. The Labute approximate surface area is 265 Å². The minimum absolute atomic E-state index is 1.01. The molecule has 42 heavy (non-hydrogen) atoms. The SMILES string of the molecule is Cc1cccc(C)c1-c1ccc(-c2ccccn2)cc1.Cc1cccc(C)c1-c1ccc(-c2ccccn2)cc1.[Cl][Pt]. The Kier molecular flexibility index (Phi) is 11.4. The number of hydrogen-bond acceptors (Lipinski definition) is 2. The van der Waals surface area contributed by atoms with Crippen LogP contribution in [0.2, 0.25) is 0 Å². The van der Waals surface area contributed by atoms with Gasteiger partial charge < -0.3 is 0 Å². The van der Waals surface area contributed by atoms with E-state index in [0.717, 1.165) is 22.5 Å². The van der Waals surface area contributed by atoms with E-state index in [4.69, 9.17) is 0 Å². The molecule has 0 atom stereocenters. The summed E-state index contributed by atoms with van der Waals surface area (Å²) in [4.78, 5) is 8.77. The van der Waals surface area contributed by atoms with Crippen molar-refractivity contribution < 1.29 is 18.8 Å². The van der Waals surface area contributed by atoms with Crippen LogP contribution in [-0.4, -0.2) is 9.97 Å². The average molecular weight is 749 g/mol. The van der Waals surface area contributed by atoms with Gasteiger partial charge in [0.15, 0.2) is 0 Å². The van der Waals surface area contributed by atoms with Gasteiger partial charge in [-0.1, -0.05) is 97.1 Å². The molecule has 213 valence electrons. The Morgan fingerprint density at radius 3 is 0.976 bits per heavy atom. The van der Waals surface area contributed by atoms with Gasteiger partial charge in [-0.3, -0.25) is 9.97 Å². The first-order chi connectivity index (χ1) is 20.5. The van der Waals surface area contributed by atoms with E-state index in [1.165, 1.54) is 44.5 Å². The van der Waals surface area contributed by atoms with Crippen LogP contribution in [0.25, 0.3) is 44.8 Å². The van der Waals surface area contributed by atoms with Gasteiger partial charge in [-0.15, -0.1) is 0 Å². The predicted octanol–water partition coefficient (Wildman–Crippen LogP) is 10.8. The molecule has 2 heterocycles. The van der Waals surface area contributed by atoms with Crippen molar-refractivity contribution in [3.63, 3.8) is 0 Å². The van der Waals surface area contributed by atoms with Crippen molar-refractivity contribution in [1.82, 2.24) is 9.97 Å². The summed E-state index contributed by atoms with van der Waals surface area (Å²) in [6.45, 7) is 8.65. The van der Waals surface area contributed by atoms with Gasteiger partial charge in [-0.05, 0) is 96.5 Å². The van der Waals surface area contributed by atoms with Gasteiger partial charge in [0.2, 0.25) is 0 Å². The Morgan fingerprint density at radius 1 is 0.381 bits per heavy atom. The van der Waals surface area contributed by atoms with E-state index in [0.29, 0.717) is 0 Å². The molecule has 0 radical (unpaired) electrons. The van der Waals surface area contributed by atoms with Crippen molar-refractivity contribution >= 4 is 9.42 Å². The first-order valence-electron chi connectivity index (χ1n) is 13.8. The molecule has 4 heteroatoms. The molecular formula is C38H34ClN2Pt. The van der Waals surface area contributed by atoms with Crippen LogP contribution < -0.4 is 0 Å². The molecule has 0 saturated carbocycles. The molecule has 2 nitrogen and oxygen atoms in total. The van der Waals surface area contributed by atoms with Crippen LogP contribution in [-0.2, 0) is 18.8 Å². The third-order valence-corrected chi connectivity index (χ3v) is 7.23. The molecule has 0 fully saturated rings. The summed E-state index contributed by atoms with van der Waals surface area (Å²) in [6.07, 6.45) is 3.66. The number of nitrogens with zero attached hydrogens (tertiary/aromatic N) is 2. The Morgan fingerprint density at radius 2 is 0.690 bits per heavy atom. The number of halogens is 1. The zero-order valence-electron chi connectivity index (χ0n) is 24.3. The summed E-state index contributed by atoms with van der Waals surface area (Å²) in [5, 5.41) is 0. The number of pyridine rings is 2. The van der Waals surface area contributed by atoms with E-state index in [1.54, 1.807) is 18.8 Å². The zero-order chi connectivity index (χ0) is 29.9. The Balaban J connectivity index is 0.000000182. The third-order valence-electron chi connectivity index (χ3n) is 7.23. The van der Waals surface area contributed by atoms with Crippen LogP contribution in [0, 0.1) is 27.7 Å². The molecule has 0 saturated heterocycles. The van der Waals surface area contributed by atoms with E-state index in [2.05, 4.69) is 132 Å². The number of rotatable bonds is 4. The molecule has 0 spiro atoms. The second kappa shape index (κ2) is 15.4. The summed E-state index contributed by atoms with van der Waals surface area (Å²) < 4.78 is 0. The van der Waals surface area contributed by atoms with Crippen LogP contribution in [0.15, 0.2) is 134 Å². The van der Waals surface area contributed by atoms with E-state index in [9.17, 15) is 0 Å². The molecule has 0 aliphatic rings. The van der Waals surface area contributed by atoms with Gasteiger partial charge in [0.1, 0.15) is 0 Å². The molecular weight excluding hydrogens is 715 g/mol.